The average molecular weight is 1220 g/mol. The first kappa shape index (κ1) is 83.2. The van der Waals surface area contributed by atoms with Gasteiger partial charge < -0.3 is 28.5 Å². The highest BCUT2D eigenvalue weighted by molar-refractivity contribution is 7.45. The number of phosphoric acid groups is 1. The maximum atomic E-state index is 13.6. The third kappa shape index (κ3) is 65.6. The summed E-state index contributed by atoms with van der Waals surface area (Å²) >= 11 is 0. The van der Waals surface area contributed by atoms with Crippen molar-refractivity contribution >= 4 is 19.7 Å². The molecule has 0 aliphatic carbocycles. The molecule has 3 atom stereocenters. The van der Waals surface area contributed by atoms with Crippen LogP contribution >= 0.6 is 7.82 Å². The Kier molecular flexibility index (Phi) is 63.0. The average Bonchev–Trinajstić information content (AvgIpc) is 3.69. The number of unbranched alkanes of at least 4 members (excludes halogenated alkanes) is 38. The number of likely N-dealkylation sites (N-methyl/N-ethyl adjacent to an activating group) is 1. The number of hydrogen-bond acceptors (Lipinski definition) is 7. The minimum Gasteiger partial charge on any atom is -0.756 e. The number of amides is 1. The molecule has 0 aliphatic rings. The first-order chi connectivity index (χ1) is 41.9. The molecular formula is C76H139N2O7P. The molecule has 1 N–H and O–H groups in total. The van der Waals surface area contributed by atoms with Crippen molar-refractivity contribution in [3.63, 3.8) is 0 Å². The maximum Gasteiger partial charge on any atom is 0.306 e. The zero-order chi connectivity index (χ0) is 62.8. The zero-order valence-electron chi connectivity index (χ0n) is 57.3. The Morgan fingerprint density at radius 1 is 0.419 bits per heavy atom. The van der Waals surface area contributed by atoms with E-state index in [1.165, 1.54) is 199 Å². The van der Waals surface area contributed by atoms with Crippen molar-refractivity contribution in [1.29, 1.82) is 0 Å². The van der Waals surface area contributed by atoms with E-state index < -0.39 is 26.6 Å². The number of nitrogens with one attached hydrogen (secondary N) is 1. The van der Waals surface area contributed by atoms with Gasteiger partial charge in [-0.3, -0.25) is 14.2 Å². The Balaban J connectivity index is 5.05. The number of phosphoric ester groups is 1. The van der Waals surface area contributed by atoms with Crippen LogP contribution in [0.2, 0.25) is 0 Å². The number of quaternary nitrogens is 1. The van der Waals surface area contributed by atoms with Crippen molar-refractivity contribution in [2.45, 2.75) is 348 Å². The van der Waals surface area contributed by atoms with Crippen molar-refractivity contribution in [3.05, 3.63) is 85.1 Å². The van der Waals surface area contributed by atoms with Gasteiger partial charge in [-0.05, 0) is 102 Å². The minimum absolute atomic E-state index is 0.0261. The Morgan fingerprint density at radius 3 is 1.13 bits per heavy atom. The quantitative estimate of drug-likeness (QED) is 0.0212. The fourth-order valence-electron chi connectivity index (χ4n) is 10.5. The molecule has 0 aromatic carbocycles. The van der Waals surface area contributed by atoms with Crippen LogP contribution in [0.1, 0.15) is 335 Å². The summed E-state index contributed by atoms with van der Waals surface area (Å²) in [4.78, 5) is 40.2. The molecule has 3 unspecified atom stereocenters. The van der Waals surface area contributed by atoms with Gasteiger partial charge in [0.15, 0.2) is 0 Å². The van der Waals surface area contributed by atoms with Crippen LogP contribution in [0.4, 0.5) is 0 Å². The summed E-state index contributed by atoms with van der Waals surface area (Å²) < 4.78 is 30.5. The van der Waals surface area contributed by atoms with E-state index >= 15 is 0 Å². The summed E-state index contributed by atoms with van der Waals surface area (Å²) in [5.74, 6) is -0.545. The van der Waals surface area contributed by atoms with Crippen LogP contribution in [0.5, 0.6) is 0 Å². The van der Waals surface area contributed by atoms with Crippen LogP contribution in [0.3, 0.4) is 0 Å². The van der Waals surface area contributed by atoms with Crippen molar-refractivity contribution < 1.29 is 37.3 Å². The summed E-state index contributed by atoms with van der Waals surface area (Å²) in [5, 5.41) is 3.04. The molecule has 9 nitrogen and oxygen atoms in total. The smallest absolute Gasteiger partial charge is 0.306 e. The van der Waals surface area contributed by atoms with E-state index in [0.29, 0.717) is 17.4 Å². The molecular weight excluding hydrogens is 1080 g/mol. The molecule has 10 heteroatoms. The first-order valence-electron chi connectivity index (χ1n) is 36.4. The zero-order valence-corrected chi connectivity index (χ0v) is 58.2. The molecule has 0 saturated heterocycles. The topological polar surface area (TPSA) is 114 Å². The van der Waals surface area contributed by atoms with Gasteiger partial charge in [-0.2, -0.15) is 0 Å². The van der Waals surface area contributed by atoms with Crippen LogP contribution in [0.15, 0.2) is 85.1 Å². The van der Waals surface area contributed by atoms with Gasteiger partial charge in [0.25, 0.3) is 7.82 Å². The molecule has 0 fully saturated rings. The fraction of sp³-hybridized carbons (Fsp3) is 0.789. The lowest BCUT2D eigenvalue weighted by molar-refractivity contribution is -0.870. The van der Waals surface area contributed by atoms with Crippen LogP contribution in [0, 0.1) is 0 Å². The third-order valence-electron chi connectivity index (χ3n) is 16.1. The molecule has 86 heavy (non-hydrogen) atoms. The van der Waals surface area contributed by atoms with Gasteiger partial charge in [-0.25, -0.2) is 0 Å². The number of esters is 1. The predicted octanol–water partition coefficient (Wildman–Crippen LogP) is 22.7. The predicted molar refractivity (Wildman–Crippen MR) is 371 cm³/mol. The molecule has 500 valence electrons. The second-order valence-corrected chi connectivity index (χ2v) is 27.1. The highest BCUT2D eigenvalue weighted by atomic mass is 31.2. The first-order valence-corrected chi connectivity index (χ1v) is 37.9. The van der Waals surface area contributed by atoms with E-state index in [1.807, 2.05) is 33.3 Å². The molecule has 0 spiro atoms. The van der Waals surface area contributed by atoms with Crippen molar-refractivity contribution in [2.75, 3.05) is 40.9 Å². The van der Waals surface area contributed by atoms with Crippen molar-refractivity contribution in [1.82, 2.24) is 5.32 Å². The van der Waals surface area contributed by atoms with Crippen LogP contribution in [-0.4, -0.2) is 69.4 Å². The molecule has 0 aliphatic heterocycles. The third-order valence-corrected chi connectivity index (χ3v) is 17.0. The van der Waals surface area contributed by atoms with Gasteiger partial charge in [-0.1, -0.05) is 305 Å². The summed E-state index contributed by atoms with van der Waals surface area (Å²) in [6.07, 6.45) is 87.1. The highest BCUT2D eigenvalue weighted by Gasteiger charge is 2.27. The van der Waals surface area contributed by atoms with Crippen molar-refractivity contribution in [2.24, 2.45) is 0 Å². The van der Waals surface area contributed by atoms with Crippen LogP contribution < -0.4 is 10.2 Å². The van der Waals surface area contributed by atoms with Crippen LogP contribution in [0.25, 0.3) is 0 Å². The molecule has 0 saturated carbocycles. The van der Waals surface area contributed by atoms with Gasteiger partial charge >= 0.3 is 5.97 Å². The molecule has 0 rings (SSSR count). The summed E-state index contributed by atoms with van der Waals surface area (Å²) in [6.45, 7) is 6.75. The van der Waals surface area contributed by atoms with Crippen LogP contribution in [-0.2, 0) is 27.9 Å². The molecule has 0 aromatic heterocycles. The standard InChI is InChI=1S/C76H139N2O7P/c1-7-10-13-16-19-22-25-28-30-32-34-36-38-39-41-42-44-46-48-50-53-56-59-62-65-68-75(79)77-73(72-84-86(81,82)83-71-70-78(4,5)6)74(67-64-61-58-55-52-27-24-21-18-15-12-9-3)85-76(80)69-66-63-60-57-54-51-49-47-45-43-40-37-35-33-31-29-26-23-20-17-14-11-8-2/h11,14,20,23,28-31,35,37,43,45,64,67,73-74H,7-10,12-13,15-19,21-22,24-27,32-34,36,38-42,44,46-63,65-66,68-72H2,1-6H3,(H-,77,79,81,82)/b14-11-,23-20-,30-28+,31-29-,37-35-,45-43-,67-64+. The van der Waals surface area contributed by atoms with Gasteiger partial charge in [-0.15, -0.1) is 0 Å². The van der Waals surface area contributed by atoms with E-state index in [2.05, 4.69) is 99.0 Å². The number of carbonyl (C=O) groups excluding carboxylic acids is 2. The Bertz CT molecular complexity index is 1750. The Morgan fingerprint density at radius 2 is 0.744 bits per heavy atom. The van der Waals surface area contributed by atoms with E-state index in [0.717, 1.165) is 103 Å². The second kappa shape index (κ2) is 65.2. The lowest BCUT2D eigenvalue weighted by Crippen LogP contribution is -2.47. The number of hydrogen-bond donors (Lipinski definition) is 1. The Labute approximate surface area is 533 Å². The fourth-order valence-corrected chi connectivity index (χ4v) is 11.2. The number of ether oxygens (including phenoxy) is 1. The monoisotopic (exact) mass is 1220 g/mol. The number of allylic oxidation sites excluding steroid dienone is 13. The molecule has 0 radical (unpaired) electrons. The SMILES string of the molecule is CC/C=C\C/C=C\C/C=C\C/C=C\C/C=C\CCCCCCCCCC(=O)OC(/C=C/CCCCCCCCCCCC)C(COP(=O)([O-])OCC[N+](C)(C)C)NC(=O)CCCCCCCCCCCCCCCCC/C=C/CCCCCCCC. The number of nitrogens with zero attached hydrogens (tertiary/aromatic N) is 1. The van der Waals surface area contributed by atoms with Crippen molar-refractivity contribution in [3.8, 4) is 0 Å². The van der Waals surface area contributed by atoms with Gasteiger partial charge in [0.1, 0.15) is 19.3 Å². The van der Waals surface area contributed by atoms with E-state index in [1.54, 1.807) is 0 Å². The second-order valence-electron chi connectivity index (χ2n) is 25.7. The summed E-state index contributed by atoms with van der Waals surface area (Å²) in [7, 11) is 1.18. The summed E-state index contributed by atoms with van der Waals surface area (Å²) in [5.41, 5.74) is 0. The van der Waals surface area contributed by atoms with Gasteiger partial charge in [0, 0.05) is 12.8 Å². The maximum absolute atomic E-state index is 13.6. The molecule has 0 aromatic rings. The number of rotatable bonds is 66. The summed E-state index contributed by atoms with van der Waals surface area (Å²) in [6, 6.07) is -0.897. The molecule has 0 bridgehead atoms. The van der Waals surface area contributed by atoms with Gasteiger partial charge in [0.05, 0.1) is 33.8 Å². The highest BCUT2D eigenvalue weighted by Crippen LogP contribution is 2.38. The van der Waals surface area contributed by atoms with Gasteiger partial charge in [0.2, 0.25) is 5.91 Å². The Hall–Kier alpha value is -2.81. The minimum atomic E-state index is -4.71. The molecule has 0 heterocycles. The largest absolute Gasteiger partial charge is 0.756 e. The van der Waals surface area contributed by atoms with E-state index in [4.69, 9.17) is 13.8 Å². The van der Waals surface area contributed by atoms with E-state index in [-0.39, 0.29) is 24.9 Å². The number of carbonyl (C=O) groups is 2. The normalized spacial score (nSPS) is 14.0. The lowest BCUT2D eigenvalue weighted by Gasteiger charge is -2.30. The van der Waals surface area contributed by atoms with E-state index in [9.17, 15) is 19.0 Å². The molecule has 1 amide bonds. The lowest BCUT2D eigenvalue weighted by atomic mass is 10.0.